The van der Waals surface area contributed by atoms with Gasteiger partial charge in [0, 0.05) is 6.54 Å². The molecule has 0 N–H and O–H groups in total. The first-order valence-electron chi connectivity index (χ1n) is 5.81. The predicted molar refractivity (Wildman–Crippen MR) is 75.5 cm³/mol. The van der Waals surface area contributed by atoms with E-state index in [-0.39, 0.29) is 11.6 Å². The molecule has 0 saturated carbocycles. The normalized spacial score (nSPS) is 21.5. The molecule has 1 heterocycles. The summed E-state index contributed by atoms with van der Waals surface area (Å²) in [7, 11) is 0. The van der Waals surface area contributed by atoms with Crippen LogP contribution in [0.1, 0.15) is 40.5 Å². The van der Waals surface area contributed by atoms with Crippen molar-refractivity contribution in [1.82, 2.24) is 9.91 Å². The number of hydrogen-bond donors (Lipinski definition) is 0. The summed E-state index contributed by atoms with van der Waals surface area (Å²) in [6.45, 7) is 9.50. The lowest BCUT2D eigenvalue weighted by Gasteiger charge is -2.37. The Kier molecular flexibility index (Phi) is 4.84. The lowest BCUT2D eigenvalue weighted by Crippen LogP contribution is -2.47. The molecule has 1 aliphatic rings. The molecule has 0 aliphatic carbocycles. The Hall–Kier alpha value is 0.140. The zero-order valence-corrected chi connectivity index (χ0v) is 13.0. The standard InChI is InChI=1S/C11H20Cl3N3/c1-5-6-17-9(7-10(2,3)4)16(8-15-17)11(12,13)14/h8-9H,5-7H2,1-4H3. The van der Waals surface area contributed by atoms with E-state index in [0.717, 1.165) is 19.4 Å². The summed E-state index contributed by atoms with van der Waals surface area (Å²) in [5.74, 6) is 0. The average Bonchev–Trinajstić information content (AvgIpc) is 2.45. The van der Waals surface area contributed by atoms with Crippen molar-refractivity contribution in [2.75, 3.05) is 6.54 Å². The van der Waals surface area contributed by atoms with Crippen LogP contribution in [0.5, 0.6) is 0 Å². The third kappa shape index (κ3) is 4.38. The molecule has 1 atom stereocenters. The maximum atomic E-state index is 5.97. The van der Waals surface area contributed by atoms with Gasteiger partial charge in [0.25, 0.3) is 3.92 Å². The van der Waals surface area contributed by atoms with Gasteiger partial charge in [0.15, 0.2) is 0 Å². The highest BCUT2D eigenvalue weighted by Gasteiger charge is 2.41. The van der Waals surface area contributed by atoms with Crippen molar-refractivity contribution < 1.29 is 0 Å². The fourth-order valence-corrected chi connectivity index (χ4v) is 2.31. The molecule has 0 amide bonds. The molecule has 1 rings (SSSR count). The van der Waals surface area contributed by atoms with Gasteiger partial charge in [-0.3, -0.25) is 9.91 Å². The van der Waals surface area contributed by atoms with E-state index in [1.807, 2.05) is 5.01 Å². The maximum absolute atomic E-state index is 5.97. The van der Waals surface area contributed by atoms with Crippen LogP contribution in [0.3, 0.4) is 0 Å². The van der Waals surface area contributed by atoms with Crippen LogP contribution in [0.25, 0.3) is 0 Å². The van der Waals surface area contributed by atoms with Gasteiger partial charge in [-0.1, -0.05) is 62.5 Å². The molecular weight excluding hydrogens is 281 g/mol. The molecule has 0 aromatic carbocycles. The van der Waals surface area contributed by atoms with E-state index in [1.54, 1.807) is 11.2 Å². The first kappa shape index (κ1) is 15.2. The van der Waals surface area contributed by atoms with Crippen molar-refractivity contribution in [2.45, 2.75) is 50.6 Å². The predicted octanol–water partition coefficient (Wildman–Crippen LogP) is 4.05. The second-order valence-corrected chi connectivity index (χ2v) is 7.74. The molecule has 0 aromatic heterocycles. The number of alkyl halides is 3. The summed E-state index contributed by atoms with van der Waals surface area (Å²) >= 11 is 17.9. The SMILES string of the molecule is CCCN1N=CN(C(Cl)(Cl)Cl)C1CC(C)(C)C. The average molecular weight is 301 g/mol. The van der Waals surface area contributed by atoms with Crippen LogP contribution in [-0.4, -0.2) is 32.9 Å². The molecule has 0 fully saturated rings. The van der Waals surface area contributed by atoms with Crippen LogP contribution >= 0.6 is 34.8 Å². The minimum Gasteiger partial charge on any atom is -0.295 e. The maximum Gasteiger partial charge on any atom is 0.270 e. The minimum absolute atomic E-state index is 0.0162. The van der Waals surface area contributed by atoms with Gasteiger partial charge in [-0.05, 0) is 18.3 Å². The van der Waals surface area contributed by atoms with Crippen molar-refractivity contribution in [2.24, 2.45) is 10.5 Å². The second-order valence-electron chi connectivity index (χ2n) is 5.51. The number of halogens is 3. The van der Waals surface area contributed by atoms with E-state index in [4.69, 9.17) is 34.8 Å². The second kappa shape index (κ2) is 5.41. The third-order valence-electron chi connectivity index (χ3n) is 2.53. The van der Waals surface area contributed by atoms with Gasteiger partial charge in [0.1, 0.15) is 12.5 Å². The quantitative estimate of drug-likeness (QED) is 0.578. The molecule has 100 valence electrons. The highest BCUT2D eigenvalue weighted by molar-refractivity contribution is 6.67. The lowest BCUT2D eigenvalue weighted by atomic mass is 9.90. The van der Waals surface area contributed by atoms with Gasteiger partial charge < -0.3 is 0 Å². The van der Waals surface area contributed by atoms with Crippen molar-refractivity contribution in [3.8, 4) is 0 Å². The molecular formula is C11H20Cl3N3. The highest BCUT2D eigenvalue weighted by atomic mass is 35.6. The van der Waals surface area contributed by atoms with E-state index in [9.17, 15) is 0 Å². The Balaban J connectivity index is 2.82. The van der Waals surface area contributed by atoms with Crippen molar-refractivity contribution in [3.05, 3.63) is 0 Å². The fourth-order valence-electron chi connectivity index (χ4n) is 1.84. The van der Waals surface area contributed by atoms with Gasteiger partial charge in [0.05, 0.1) is 0 Å². The summed E-state index contributed by atoms with van der Waals surface area (Å²) in [5, 5.41) is 6.31. The summed E-state index contributed by atoms with van der Waals surface area (Å²) in [6, 6.07) is 0. The first-order chi connectivity index (χ1) is 7.65. The van der Waals surface area contributed by atoms with E-state index in [2.05, 4.69) is 32.8 Å². The number of hydrazone groups is 1. The van der Waals surface area contributed by atoms with Crippen LogP contribution < -0.4 is 0 Å². The minimum atomic E-state index is -1.44. The molecule has 17 heavy (non-hydrogen) atoms. The van der Waals surface area contributed by atoms with Gasteiger partial charge in [-0.25, -0.2) is 0 Å². The Morgan fingerprint density at radius 1 is 1.24 bits per heavy atom. The molecule has 0 bridgehead atoms. The zero-order chi connectivity index (χ0) is 13.3. The smallest absolute Gasteiger partial charge is 0.270 e. The molecule has 1 aliphatic heterocycles. The molecule has 6 heteroatoms. The van der Waals surface area contributed by atoms with Gasteiger partial charge in [-0.2, -0.15) is 5.10 Å². The molecule has 0 aromatic rings. The number of rotatable bonds is 3. The van der Waals surface area contributed by atoms with Crippen LogP contribution in [0.4, 0.5) is 0 Å². The Morgan fingerprint density at radius 3 is 2.24 bits per heavy atom. The molecule has 3 nitrogen and oxygen atoms in total. The first-order valence-corrected chi connectivity index (χ1v) is 6.94. The van der Waals surface area contributed by atoms with Gasteiger partial charge in [-0.15, -0.1) is 0 Å². The summed E-state index contributed by atoms with van der Waals surface area (Å²) in [6.07, 6.45) is 3.55. The van der Waals surface area contributed by atoms with E-state index >= 15 is 0 Å². The molecule has 0 spiro atoms. The lowest BCUT2D eigenvalue weighted by molar-refractivity contribution is 0.0871. The van der Waals surface area contributed by atoms with Crippen LogP contribution in [0, 0.1) is 5.41 Å². The monoisotopic (exact) mass is 299 g/mol. The van der Waals surface area contributed by atoms with E-state index in [1.165, 1.54) is 0 Å². The van der Waals surface area contributed by atoms with E-state index in [0.29, 0.717) is 0 Å². The van der Waals surface area contributed by atoms with E-state index < -0.39 is 3.92 Å². The number of hydrogen-bond acceptors (Lipinski definition) is 3. The molecule has 0 saturated heterocycles. The number of nitrogens with zero attached hydrogens (tertiary/aromatic N) is 3. The van der Waals surface area contributed by atoms with Crippen LogP contribution in [0.2, 0.25) is 0 Å². The van der Waals surface area contributed by atoms with Crippen molar-refractivity contribution in [3.63, 3.8) is 0 Å². The van der Waals surface area contributed by atoms with Gasteiger partial charge >= 0.3 is 0 Å². The topological polar surface area (TPSA) is 18.8 Å². The molecule has 0 radical (unpaired) electrons. The Labute approximate surface area is 119 Å². The van der Waals surface area contributed by atoms with Crippen molar-refractivity contribution in [1.29, 1.82) is 0 Å². The summed E-state index contributed by atoms with van der Waals surface area (Å²) in [4.78, 5) is 1.69. The Bertz CT molecular complexity index is 281. The van der Waals surface area contributed by atoms with Crippen LogP contribution in [0.15, 0.2) is 5.10 Å². The summed E-state index contributed by atoms with van der Waals surface area (Å²) < 4.78 is -1.44. The highest BCUT2D eigenvalue weighted by Crippen LogP contribution is 2.38. The summed E-state index contributed by atoms with van der Waals surface area (Å²) in [5.41, 5.74) is 0.151. The van der Waals surface area contributed by atoms with Gasteiger partial charge in [0.2, 0.25) is 0 Å². The third-order valence-corrected chi connectivity index (χ3v) is 3.12. The Morgan fingerprint density at radius 2 is 1.82 bits per heavy atom. The zero-order valence-electron chi connectivity index (χ0n) is 10.8. The van der Waals surface area contributed by atoms with Crippen molar-refractivity contribution >= 4 is 41.1 Å². The largest absolute Gasteiger partial charge is 0.295 e. The van der Waals surface area contributed by atoms with Crippen LogP contribution in [-0.2, 0) is 0 Å². The fraction of sp³-hybridized carbons (Fsp3) is 0.909. The molecule has 1 unspecified atom stereocenters.